The first kappa shape index (κ1) is 14.3. The Labute approximate surface area is 121 Å². The molecular weight excluding hydrogens is 248 g/mol. The first-order chi connectivity index (χ1) is 9.42. The SMILES string of the molecule is CCCCCCCCc1ccsc1-c1ccccc1. The van der Waals surface area contributed by atoms with Crippen molar-refractivity contribution in [3.63, 3.8) is 0 Å². The van der Waals surface area contributed by atoms with Crippen LogP contribution < -0.4 is 0 Å². The van der Waals surface area contributed by atoms with E-state index in [2.05, 4.69) is 48.7 Å². The third-order valence-electron chi connectivity index (χ3n) is 3.58. The normalized spacial score (nSPS) is 10.8. The Morgan fingerprint density at radius 2 is 1.58 bits per heavy atom. The zero-order valence-electron chi connectivity index (χ0n) is 11.9. The van der Waals surface area contributed by atoms with Crippen LogP contribution in [0.3, 0.4) is 0 Å². The Kier molecular flexibility index (Phi) is 6.16. The summed E-state index contributed by atoms with van der Waals surface area (Å²) >= 11 is 1.87. The molecule has 0 N–H and O–H groups in total. The summed E-state index contributed by atoms with van der Waals surface area (Å²) in [5.41, 5.74) is 2.91. The predicted molar refractivity (Wildman–Crippen MR) is 86.8 cm³/mol. The summed E-state index contributed by atoms with van der Waals surface area (Å²) in [6.45, 7) is 2.28. The molecule has 0 aliphatic rings. The molecule has 0 saturated carbocycles. The molecule has 2 aromatic rings. The van der Waals surface area contributed by atoms with Crippen LogP contribution >= 0.6 is 11.3 Å². The molecule has 0 nitrogen and oxygen atoms in total. The molecule has 102 valence electrons. The molecule has 2 rings (SSSR count). The van der Waals surface area contributed by atoms with Gasteiger partial charge in [0.2, 0.25) is 0 Å². The van der Waals surface area contributed by atoms with Crippen LogP contribution in [-0.4, -0.2) is 0 Å². The average molecular weight is 272 g/mol. The second-order valence-electron chi connectivity index (χ2n) is 5.16. The van der Waals surface area contributed by atoms with Gasteiger partial charge in [0.05, 0.1) is 0 Å². The van der Waals surface area contributed by atoms with Crippen molar-refractivity contribution in [3.8, 4) is 10.4 Å². The third kappa shape index (κ3) is 4.50. The van der Waals surface area contributed by atoms with E-state index in [1.807, 2.05) is 11.3 Å². The van der Waals surface area contributed by atoms with Crippen LogP contribution in [0.4, 0.5) is 0 Å². The maximum absolute atomic E-state index is 2.30. The molecule has 0 aliphatic heterocycles. The smallest absolute Gasteiger partial charge is 0.0374 e. The summed E-state index contributed by atoms with van der Waals surface area (Å²) in [5.74, 6) is 0. The van der Waals surface area contributed by atoms with E-state index in [9.17, 15) is 0 Å². The van der Waals surface area contributed by atoms with E-state index in [0.717, 1.165) is 0 Å². The van der Waals surface area contributed by atoms with Crippen LogP contribution in [-0.2, 0) is 6.42 Å². The Morgan fingerprint density at radius 3 is 2.37 bits per heavy atom. The highest BCUT2D eigenvalue weighted by molar-refractivity contribution is 7.13. The van der Waals surface area contributed by atoms with Crippen LogP contribution in [0, 0.1) is 0 Å². The van der Waals surface area contributed by atoms with Crippen molar-refractivity contribution in [2.45, 2.75) is 51.9 Å². The maximum atomic E-state index is 2.30. The predicted octanol–water partition coefficient (Wildman–Crippen LogP) is 6.32. The molecule has 1 aromatic carbocycles. The number of benzene rings is 1. The van der Waals surface area contributed by atoms with Crippen LogP contribution in [0.15, 0.2) is 41.8 Å². The van der Waals surface area contributed by atoms with Gasteiger partial charge in [0.15, 0.2) is 0 Å². The van der Waals surface area contributed by atoms with E-state index in [4.69, 9.17) is 0 Å². The highest BCUT2D eigenvalue weighted by Gasteiger charge is 2.05. The molecule has 0 amide bonds. The molecule has 0 bridgehead atoms. The van der Waals surface area contributed by atoms with E-state index in [-0.39, 0.29) is 0 Å². The minimum absolute atomic E-state index is 1.24. The van der Waals surface area contributed by atoms with E-state index in [1.165, 1.54) is 60.9 Å². The van der Waals surface area contributed by atoms with Gasteiger partial charge in [-0.15, -0.1) is 11.3 Å². The summed E-state index contributed by atoms with van der Waals surface area (Å²) in [5, 5.41) is 2.23. The van der Waals surface area contributed by atoms with Crippen LogP contribution in [0.1, 0.15) is 51.0 Å². The van der Waals surface area contributed by atoms with E-state index in [1.54, 1.807) is 0 Å². The van der Waals surface area contributed by atoms with Crippen molar-refractivity contribution in [2.24, 2.45) is 0 Å². The van der Waals surface area contributed by atoms with Gasteiger partial charge >= 0.3 is 0 Å². The number of rotatable bonds is 8. The second kappa shape index (κ2) is 8.16. The Morgan fingerprint density at radius 1 is 0.842 bits per heavy atom. The molecule has 0 aliphatic carbocycles. The van der Waals surface area contributed by atoms with Gasteiger partial charge in [-0.2, -0.15) is 0 Å². The molecule has 0 fully saturated rings. The fourth-order valence-electron chi connectivity index (χ4n) is 2.47. The van der Waals surface area contributed by atoms with E-state index >= 15 is 0 Å². The molecule has 0 unspecified atom stereocenters. The van der Waals surface area contributed by atoms with Crippen molar-refractivity contribution < 1.29 is 0 Å². The van der Waals surface area contributed by atoms with Crippen molar-refractivity contribution in [1.82, 2.24) is 0 Å². The van der Waals surface area contributed by atoms with Crippen molar-refractivity contribution in [2.75, 3.05) is 0 Å². The maximum Gasteiger partial charge on any atom is 0.0374 e. The highest BCUT2D eigenvalue weighted by Crippen LogP contribution is 2.30. The fourth-order valence-corrected chi connectivity index (χ4v) is 3.43. The molecule has 1 heterocycles. The monoisotopic (exact) mass is 272 g/mol. The molecule has 0 saturated heterocycles. The first-order valence-electron chi connectivity index (χ1n) is 7.53. The van der Waals surface area contributed by atoms with Gasteiger partial charge in [-0.05, 0) is 35.4 Å². The lowest BCUT2D eigenvalue weighted by Gasteiger charge is -2.04. The third-order valence-corrected chi connectivity index (χ3v) is 4.59. The average Bonchev–Trinajstić information content (AvgIpc) is 2.92. The summed E-state index contributed by atoms with van der Waals surface area (Å²) in [4.78, 5) is 1.47. The quantitative estimate of drug-likeness (QED) is 0.493. The fraction of sp³-hybridized carbons (Fsp3) is 0.444. The Balaban J connectivity index is 1.83. The standard InChI is InChI=1S/C18H24S/c1-2-3-4-5-6-8-13-17-14-15-19-18(17)16-11-9-7-10-12-16/h7,9-12,14-15H,2-6,8,13H2,1H3. The summed E-state index contributed by atoms with van der Waals surface area (Å²) in [6, 6.07) is 13.1. The van der Waals surface area contributed by atoms with Crippen molar-refractivity contribution >= 4 is 11.3 Å². The van der Waals surface area contributed by atoms with Crippen LogP contribution in [0.25, 0.3) is 10.4 Å². The first-order valence-corrected chi connectivity index (χ1v) is 8.41. The highest BCUT2D eigenvalue weighted by atomic mass is 32.1. The number of hydrogen-bond acceptors (Lipinski definition) is 1. The molecule has 0 radical (unpaired) electrons. The van der Waals surface area contributed by atoms with Crippen molar-refractivity contribution in [1.29, 1.82) is 0 Å². The minimum atomic E-state index is 1.24. The summed E-state index contributed by atoms with van der Waals surface area (Å²) < 4.78 is 0. The zero-order valence-corrected chi connectivity index (χ0v) is 12.7. The van der Waals surface area contributed by atoms with Gasteiger partial charge in [-0.1, -0.05) is 69.4 Å². The molecule has 1 heteroatoms. The lowest BCUT2D eigenvalue weighted by Crippen LogP contribution is -1.86. The molecule has 19 heavy (non-hydrogen) atoms. The Hall–Kier alpha value is -1.08. The number of unbranched alkanes of at least 4 members (excludes halogenated alkanes) is 5. The zero-order chi connectivity index (χ0) is 13.3. The Bertz CT molecular complexity index is 456. The second-order valence-corrected chi connectivity index (χ2v) is 6.07. The summed E-state index contributed by atoms with van der Waals surface area (Å²) in [7, 11) is 0. The van der Waals surface area contributed by atoms with Gasteiger partial charge in [0.1, 0.15) is 0 Å². The lowest BCUT2D eigenvalue weighted by atomic mass is 10.0. The minimum Gasteiger partial charge on any atom is -0.144 e. The topological polar surface area (TPSA) is 0 Å². The van der Waals surface area contributed by atoms with Gasteiger partial charge < -0.3 is 0 Å². The van der Waals surface area contributed by atoms with E-state index in [0.29, 0.717) is 0 Å². The number of aryl methyl sites for hydroxylation is 1. The van der Waals surface area contributed by atoms with Gasteiger partial charge in [-0.3, -0.25) is 0 Å². The molecule has 0 atom stereocenters. The van der Waals surface area contributed by atoms with Gasteiger partial charge in [0.25, 0.3) is 0 Å². The molecular formula is C18H24S. The summed E-state index contributed by atoms with van der Waals surface area (Å²) in [6.07, 6.45) is 9.49. The molecule has 1 aromatic heterocycles. The van der Waals surface area contributed by atoms with Gasteiger partial charge in [0, 0.05) is 4.88 Å². The van der Waals surface area contributed by atoms with Gasteiger partial charge in [-0.25, -0.2) is 0 Å². The van der Waals surface area contributed by atoms with Crippen LogP contribution in [0.2, 0.25) is 0 Å². The van der Waals surface area contributed by atoms with Crippen LogP contribution in [0.5, 0.6) is 0 Å². The molecule has 0 spiro atoms. The largest absolute Gasteiger partial charge is 0.144 e. The number of hydrogen-bond donors (Lipinski definition) is 0. The van der Waals surface area contributed by atoms with Crippen molar-refractivity contribution in [3.05, 3.63) is 47.3 Å². The van der Waals surface area contributed by atoms with E-state index < -0.39 is 0 Å². The lowest BCUT2D eigenvalue weighted by molar-refractivity contribution is 0.608. The number of thiophene rings is 1.